The van der Waals surface area contributed by atoms with Crippen molar-refractivity contribution < 1.29 is 14.3 Å². The third kappa shape index (κ3) is 6.05. The number of nitrogens with zero attached hydrogens (tertiary/aromatic N) is 4. The molecule has 0 saturated carbocycles. The van der Waals surface area contributed by atoms with Gasteiger partial charge in [0.2, 0.25) is 5.91 Å². The number of fused-ring (bicyclic) bond motifs is 2. The molecule has 6 rings (SSSR count). The summed E-state index contributed by atoms with van der Waals surface area (Å²) in [6.45, 7) is 6.67. The van der Waals surface area contributed by atoms with Crippen LogP contribution in [0.4, 0.5) is 5.69 Å². The van der Waals surface area contributed by atoms with E-state index in [2.05, 4.69) is 31.9 Å². The summed E-state index contributed by atoms with van der Waals surface area (Å²) >= 11 is 0. The molecule has 8 nitrogen and oxygen atoms in total. The molecule has 0 bridgehead atoms. The van der Waals surface area contributed by atoms with Crippen LogP contribution in [-0.2, 0) is 11.2 Å². The van der Waals surface area contributed by atoms with Gasteiger partial charge in [-0.25, -0.2) is 0 Å². The Kier molecular flexibility index (Phi) is 7.81. The van der Waals surface area contributed by atoms with Gasteiger partial charge < -0.3 is 25.0 Å². The van der Waals surface area contributed by atoms with E-state index in [1.54, 1.807) is 6.20 Å². The van der Waals surface area contributed by atoms with Crippen molar-refractivity contribution >= 4 is 22.6 Å². The van der Waals surface area contributed by atoms with Crippen LogP contribution in [-0.4, -0.2) is 66.7 Å². The number of rotatable bonds is 6. The van der Waals surface area contributed by atoms with Crippen molar-refractivity contribution in [2.75, 3.05) is 50.8 Å². The van der Waals surface area contributed by atoms with Gasteiger partial charge in [-0.3, -0.25) is 14.8 Å². The fraction of sp³-hybridized carbons (Fsp3) is 0.464. The van der Waals surface area contributed by atoms with E-state index < -0.39 is 0 Å². The number of aryl methyl sites for hydroxylation is 1. The highest BCUT2D eigenvalue weighted by atomic mass is 16.6. The minimum atomic E-state index is -0.218. The molecule has 190 valence electrons. The number of anilines is 1. The van der Waals surface area contributed by atoms with Crippen molar-refractivity contribution in [3.8, 4) is 11.5 Å². The maximum atomic E-state index is 11.2. The predicted molar refractivity (Wildman–Crippen MR) is 140 cm³/mol. The zero-order chi connectivity index (χ0) is 24.7. The lowest BCUT2D eigenvalue weighted by Gasteiger charge is -2.19. The molecule has 2 saturated heterocycles. The average molecular weight is 490 g/mol. The molecular weight excluding hydrogens is 454 g/mol. The van der Waals surface area contributed by atoms with Crippen molar-refractivity contribution in [2.45, 2.75) is 32.1 Å². The van der Waals surface area contributed by atoms with Crippen LogP contribution in [0.15, 0.2) is 48.8 Å². The minimum absolute atomic E-state index is 0.0515. The highest BCUT2D eigenvalue weighted by molar-refractivity contribution is 5.80. The molecule has 0 aliphatic carbocycles. The van der Waals surface area contributed by atoms with Gasteiger partial charge in [-0.05, 0) is 87.6 Å². The molecule has 1 aromatic carbocycles. The molecule has 3 aromatic rings. The first-order valence-electron chi connectivity index (χ1n) is 13.0. The Hall–Kier alpha value is -3.39. The number of primary amides is 1. The van der Waals surface area contributed by atoms with Gasteiger partial charge in [-0.1, -0.05) is 6.07 Å². The third-order valence-electron chi connectivity index (χ3n) is 7.14. The number of carbonyl (C=O) groups excluding carboxylic acids is 1. The quantitative estimate of drug-likeness (QED) is 0.567. The monoisotopic (exact) mass is 489 g/mol. The Morgan fingerprint density at radius 1 is 1.00 bits per heavy atom. The Bertz CT molecular complexity index is 1180. The molecule has 0 radical (unpaired) electrons. The third-order valence-corrected chi connectivity index (χ3v) is 7.14. The summed E-state index contributed by atoms with van der Waals surface area (Å²) in [5.74, 6) is 1.54. The lowest BCUT2D eigenvalue weighted by atomic mass is 10.1. The lowest BCUT2D eigenvalue weighted by Crippen LogP contribution is -2.27. The molecule has 2 N–H and O–H groups in total. The predicted octanol–water partition coefficient (Wildman–Crippen LogP) is 3.43. The Morgan fingerprint density at radius 2 is 1.83 bits per heavy atom. The van der Waals surface area contributed by atoms with E-state index in [9.17, 15) is 4.79 Å². The van der Waals surface area contributed by atoms with Crippen molar-refractivity contribution in [1.29, 1.82) is 0 Å². The first-order chi connectivity index (χ1) is 17.7. The van der Waals surface area contributed by atoms with Gasteiger partial charge in [0.15, 0.2) is 11.5 Å². The molecule has 3 aliphatic heterocycles. The molecule has 1 amide bonds. The molecule has 36 heavy (non-hydrogen) atoms. The summed E-state index contributed by atoms with van der Waals surface area (Å²) in [4.78, 5) is 24.5. The summed E-state index contributed by atoms with van der Waals surface area (Å²) in [5.41, 5.74) is 9.45. The molecular formula is C28H35N5O3. The van der Waals surface area contributed by atoms with Crippen molar-refractivity contribution in [3.05, 3.63) is 54.4 Å². The highest BCUT2D eigenvalue weighted by Crippen LogP contribution is 2.31. The highest BCUT2D eigenvalue weighted by Gasteiger charge is 2.27. The average Bonchev–Trinajstić information content (AvgIpc) is 3.62. The van der Waals surface area contributed by atoms with Gasteiger partial charge in [0.05, 0.1) is 28.8 Å². The molecule has 8 heteroatoms. The maximum absolute atomic E-state index is 11.2. The molecule has 3 aliphatic rings. The van der Waals surface area contributed by atoms with Crippen LogP contribution in [0.1, 0.15) is 31.2 Å². The first kappa shape index (κ1) is 24.3. The van der Waals surface area contributed by atoms with Crippen LogP contribution in [0.5, 0.6) is 11.5 Å². The number of likely N-dealkylation sites (tertiary alicyclic amines) is 1. The van der Waals surface area contributed by atoms with Crippen LogP contribution in [0.3, 0.4) is 0 Å². The van der Waals surface area contributed by atoms with E-state index >= 15 is 0 Å². The number of benzene rings is 1. The van der Waals surface area contributed by atoms with Gasteiger partial charge >= 0.3 is 0 Å². The van der Waals surface area contributed by atoms with Crippen LogP contribution in [0.25, 0.3) is 11.0 Å². The van der Waals surface area contributed by atoms with Gasteiger partial charge in [0.25, 0.3) is 0 Å². The summed E-state index contributed by atoms with van der Waals surface area (Å²) in [7, 11) is 0. The van der Waals surface area contributed by atoms with Crippen LogP contribution in [0.2, 0.25) is 0 Å². The first-order valence-corrected chi connectivity index (χ1v) is 13.0. The number of aromatic nitrogens is 2. The van der Waals surface area contributed by atoms with Crippen molar-refractivity contribution in [3.63, 3.8) is 0 Å². The second kappa shape index (κ2) is 11.6. The van der Waals surface area contributed by atoms with Crippen LogP contribution in [0, 0.1) is 5.92 Å². The van der Waals surface area contributed by atoms with E-state index in [-0.39, 0.29) is 11.8 Å². The smallest absolute Gasteiger partial charge is 0.222 e. The fourth-order valence-corrected chi connectivity index (χ4v) is 5.10. The van der Waals surface area contributed by atoms with Crippen LogP contribution >= 0.6 is 0 Å². The minimum Gasteiger partial charge on any atom is -0.486 e. The lowest BCUT2D eigenvalue weighted by molar-refractivity contribution is -0.121. The zero-order valence-electron chi connectivity index (χ0n) is 20.8. The van der Waals surface area contributed by atoms with Crippen LogP contribution < -0.4 is 20.1 Å². The second-order valence-electron chi connectivity index (χ2n) is 9.70. The summed E-state index contributed by atoms with van der Waals surface area (Å²) < 4.78 is 11.1. The molecule has 5 heterocycles. The van der Waals surface area contributed by atoms with Gasteiger partial charge in [-0.2, -0.15) is 0 Å². The standard InChI is InChI=1S/C15H21NO2.C13H14N4O/c1-2-8-16(7-1)9-3-4-13-5-6-14-15(12-13)18-11-10-17-14;14-13(18)9-3-5-17(8-9)10-6-12-11(16-7-10)2-1-4-15-12/h5-6,12H,1-4,7-11H2;1-2,4,6-7,9H,3,5,8H2,(H2,14,18). The van der Waals surface area contributed by atoms with E-state index in [0.29, 0.717) is 19.8 Å². The number of amides is 1. The molecule has 1 atom stereocenters. The zero-order valence-corrected chi connectivity index (χ0v) is 20.8. The van der Waals surface area contributed by atoms with Crippen molar-refractivity contribution in [1.82, 2.24) is 14.9 Å². The van der Waals surface area contributed by atoms with E-state index in [1.807, 2.05) is 30.5 Å². The Morgan fingerprint density at radius 3 is 2.64 bits per heavy atom. The number of carbonyl (C=O) groups is 1. The fourth-order valence-electron chi connectivity index (χ4n) is 5.10. The number of ether oxygens (including phenoxy) is 2. The largest absolute Gasteiger partial charge is 0.486 e. The van der Waals surface area contributed by atoms with E-state index in [4.69, 9.17) is 15.2 Å². The summed E-state index contributed by atoms with van der Waals surface area (Å²) in [6.07, 6.45) is 9.52. The second-order valence-corrected chi connectivity index (χ2v) is 9.70. The number of pyridine rings is 2. The normalized spacial score (nSPS) is 19.2. The van der Waals surface area contributed by atoms with E-state index in [0.717, 1.165) is 47.6 Å². The number of hydrogen-bond acceptors (Lipinski definition) is 7. The maximum Gasteiger partial charge on any atom is 0.222 e. The van der Waals surface area contributed by atoms with E-state index in [1.165, 1.54) is 44.5 Å². The topological polar surface area (TPSA) is 93.8 Å². The Labute approximate surface area is 212 Å². The summed E-state index contributed by atoms with van der Waals surface area (Å²) in [6, 6.07) is 12.2. The molecule has 1 unspecified atom stereocenters. The van der Waals surface area contributed by atoms with Gasteiger partial charge in [-0.15, -0.1) is 0 Å². The van der Waals surface area contributed by atoms with Crippen molar-refractivity contribution in [2.24, 2.45) is 11.7 Å². The Balaban J connectivity index is 0.000000148. The number of hydrogen-bond donors (Lipinski definition) is 1. The molecule has 2 aromatic heterocycles. The SMILES string of the molecule is NC(=O)C1CCN(c2cnc3cccnc3c2)C1.c1cc2c(cc1CCCN1CCCC1)OCCO2. The van der Waals surface area contributed by atoms with Gasteiger partial charge in [0, 0.05) is 19.3 Å². The summed E-state index contributed by atoms with van der Waals surface area (Å²) in [5, 5.41) is 0. The number of nitrogens with two attached hydrogens (primary N) is 1. The molecule has 0 spiro atoms. The molecule has 2 fully saturated rings. The van der Waals surface area contributed by atoms with Gasteiger partial charge in [0.1, 0.15) is 13.2 Å².